The number of hydrogen-bond acceptors (Lipinski definition) is 4. The monoisotopic (exact) mass is 323 g/mol. The lowest BCUT2D eigenvalue weighted by molar-refractivity contribution is -0.129. The first kappa shape index (κ1) is 17.0. The van der Waals surface area contributed by atoms with E-state index >= 15 is 0 Å². The van der Waals surface area contributed by atoms with Gasteiger partial charge in [-0.1, -0.05) is 20.8 Å². The van der Waals surface area contributed by atoms with Crippen molar-refractivity contribution in [1.29, 1.82) is 0 Å². The Morgan fingerprint density at radius 2 is 2.14 bits per heavy atom. The van der Waals surface area contributed by atoms with Crippen molar-refractivity contribution in [1.82, 2.24) is 5.32 Å². The second kappa shape index (κ2) is 7.27. The molecule has 1 heterocycles. The van der Waals surface area contributed by atoms with Gasteiger partial charge >= 0.3 is 5.97 Å². The highest BCUT2D eigenvalue weighted by Gasteiger charge is 2.24. The zero-order valence-electron chi connectivity index (χ0n) is 13.8. The van der Waals surface area contributed by atoms with Crippen LogP contribution in [0.15, 0.2) is 6.07 Å². The summed E-state index contributed by atoms with van der Waals surface area (Å²) in [5.41, 5.74) is 1.27. The first-order valence-corrected chi connectivity index (χ1v) is 8.78. The van der Waals surface area contributed by atoms with Gasteiger partial charge in [-0.3, -0.25) is 4.79 Å². The first-order chi connectivity index (χ1) is 10.4. The highest BCUT2D eigenvalue weighted by Crippen LogP contribution is 2.32. The Hall–Kier alpha value is -1.36. The molecule has 1 amide bonds. The third kappa shape index (κ3) is 4.32. The molecule has 0 saturated heterocycles. The highest BCUT2D eigenvalue weighted by molar-refractivity contribution is 7.14. The van der Waals surface area contributed by atoms with E-state index in [2.05, 4.69) is 12.2 Å². The van der Waals surface area contributed by atoms with E-state index in [0.717, 1.165) is 12.8 Å². The van der Waals surface area contributed by atoms with Crippen molar-refractivity contribution in [3.05, 3.63) is 21.4 Å². The third-order valence-electron chi connectivity index (χ3n) is 3.87. The molecule has 0 saturated carbocycles. The van der Waals surface area contributed by atoms with Crippen molar-refractivity contribution in [3.8, 4) is 0 Å². The maximum absolute atomic E-state index is 12.2. The van der Waals surface area contributed by atoms with Gasteiger partial charge in [0.2, 0.25) is 0 Å². The van der Waals surface area contributed by atoms with Crippen LogP contribution >= 0.6 is 11.3 Å². The lowest BCUT2D eigenvalue weighted by Gasteiger charge is -2.16. The molecule has 122 valence electrons. The fourth-order valence-electron chi connectivity index (χ4n) is 2.53. The lowest BCUT2D eigenvalue weighted by atomic mass is 9.90. The Morgan fingerprint density at radius 3 is 2.82 bits per heavy atom. The van der Waals surface area contributed by atoms with Gasteiger partial charge in [-0.15, -0.1) is 11.3 Å². The Kier molecular flexibility index (Phi) is 5.62. The maximum Gasteiger partial charge on any atom is 0.349 e. The zero-order chi connectivity index (χ0) is 16.3. The normalized spacial score (nSPS) is 18.7. The minimum atomic E-state index is -0.760. The van der Waals surface area contributed by atoms with Crippen LogP contribution in [0.3, 0.4) is 0 Å². The van der Waals surface area contributed by atoms with Crippen LogP contribution in [-0.4, -0.2) is 24.5 Å². The fraction of sp³-hybridized carbons (Fsp3) is 0.647. The van der Waals surface area contributed by atoms with Crippen LogP contribution in [0.25, 0.3) is 0 Å². The number of carbonyl (C=O) groups excluding carboxylic acids is 2. The summed E-state index contributed by atoms with van der Waals surface area (Å²) in [7, 11) is 0. The third-order valence-corrected chi connectivity index (χ3v) is 5.09. The van der Waals surface area contributed by atoms with Crippen molar-refractivity contribution in [2.75, 3.05) is 6.54 Å². The van der Waals surface area contributed by atoms with Gasteiger partial charge in [0.1, 0.15) is 4.88 Å². The molecule has 1 aromatic rings. The van der Waals surface area contributed by atoms with Gasteiger partial charge in [0, 0.05) is 11.4 Å². The number of ether oxygens (including phenoxy) is 1. The van der Waals surface area contributed by atoms with E-state index in [4.69, 9.17) is 4.74 Å². The molecule has 2 atom stereocenters. The molecule has 0 fully saturated rings. The van der Waals surface area contributed by atoms with Gasteiger partial charge in [0.15, 0.2) is 6.10 Å². The van der Waals surface area contributed by atoms with Crippen LogP contribution in [0.2, 0.25) is 0 Å². The SMILES string of the molecule is CC(C)CNC(=O)[C@@H](C)OC(=O)c1cc2c(s1)CC[C@H](C)C2. The molecule has 0 aliphatic heterocycles. The number of aryl methyl sites for hydroxylation is 1. The van der Waals surface area contributed by atoms with Gasteiger partial charge < -0.3 is 10.1 Å². The topological polar surface area (TPSA) is 55.4 Å². The lowest BCUT2D eigenvalue weighted by Crippen LogP contribution is -2.37. The Labute approximate surface area is 136 Å². The van der Waals surface area contributed by atoms with E-state index in [0.29, 0.717) is 23.3 Å². The second-order valence-corrected chi connectivity index (χ2v) is 7.73. The minimum absolute atomic E-state index is 0.239. The van der Waals surface area contributed by atoms with E-state index in [1.54, 1.807) is 6.92 Å². The molecule has 0 radical (unpaired) electrons. The average Bonchev–Trinajstić information content (AvgIpc) is 2.87. The number of amides is 1. The average molecular weight is 323 g/mol. The molecule has 2 rings (SSSR count). The summed E-state index contributed by atoms with van der Waals surface area (Å²) in [6.45, 7) is 8.48. The summed E-state index contributed by atoms with van der Waals surface area (Å²) in [5.74, 6) is 0.417. The number of esters is 1. The number of nitrogens with one attached hydrogen (secondary N) is 1. The molecular weight excluding hydrogens is 298 g/mol. The molecule has 0 unspecified atom stereocenters. The number of rotatable bonds is 5. The van der Waals surface area contributed by atoms with Crippen LogP contribution < -0.4 is 5.32 Å². The summed E-state index contributed by atoms with van der Waals surface area (Å²) >= 11 is 1.51. The molecule has 22 heavy (non-hydrogen) atoms. The van der Waals surface area contributed by atoms with Crippen LogP contribution in [0, 0.1) is 11.8 Å². The minimum Gasteiger partial charge on any atom is -0.448 e. The number of thiophene rings is 1. The smallest absolute Gasteiger partial charge is 0.349 e. The number of fused-ring (bicyclic) bond motifs is 1. The first-order valence-electron chi connectivity index (χ1n) is 7.97. The Morgan fingerprint density at radius 1 is 1.41 bits per heavy atom. The summed E-state index contributed by atoms with van der Waals surface area (Å²) < 4.78 is 5.29. The number of hydrogen-bond donors (Lipinski definition) is 1. The maximum atomic E-state index is 12.2. The molecule has 1 aliphatic carbocycles. The van der Waals surface area contributed by atoms with Crippen LogP contribution in [0.5, 0.6) is 0 Å². The van der Waals surface area contributed by atoms with Gasteiger partial charge in [-0.05, 0) is 49.7 Å². The van der Waals surface area contributed by atoms with Gasteiger partial charge in [0.05, 0.1) is 0 Å². The van der Waals surface area contributed by atoms with Gasteiger partial charge in [0.25, 0.3) is 5.91 Å². The molecule has 1 aliphatic rings. The van der Waals surface area contributed by atoms with Gasteiger partial charge in [-0.25, -0.2) is 4.79 Å². The van der Waals surface area contributed by atoms with Crippen molar-refractivity contribution in [3.63, 3.8) is 0 Å². The van der Waals surface area contributed by atoms with Crippen molar-refractivity contribution in [2.45, 2.75) is 53.1 Å². The molecule has 4 nitrogen and oxygen atoms in total. The van der Waals surface area contributed by atoms with Crippen molar-refractivity contribution in [2.24, 2.45) is 11.8 Å². The highest BCUT2D eigenvalue weighted by atomic mass is 32.1. The molecule has 0 spiro atoms. The van der Waals surface area contributed by atoms with E-state index < -0.39 is 6.10 Å². The van der Waals surface area contributed by atoms with Crippen LogP contribution in [-0.2, 0) is 22.4 Å². The van der Waals surface area contributed by atoms with Crippen molar-refractivity contribution < 1.29 is 14.3 Å². The van der Waals surface area contributed by atoms with E-state index in [1.165, 1.54) is 28.2 Å². The fourth-order valence-corrected chi connectivity index (χ4v) is 3.62. The summed E-state index contributed by atoms with van der Waals surface area (Å²) in [6.07, 6.45) is 2.49. The summed E-state index contributed by atoms with van der Waals surface area (Å²) in [6, 6.07) is 1.94. The van der Waals surface area contributed by atoms with Crippen LogP contribution in [0.4, 0.5) is 0 Å². The molecule has 1 N–H and O–H groups in total. The largest absolute Gasteiger partial charge is 0.448 e. The number of carbonyl (C=O) groups is 2. The van der Waals surface area contributed by atoms with E-state index in [-0.39, 0.29) is 11.9 Å². The van der Waals surface area contributed by atoms with E-state index in [9.17, 15) is 9.59 Å². The van der Waals surface area contributed by atoms with Crippen molar-refractivity contribution >= 4 is 23.2 Å². The molecule has 5 heteroatoms. The molecule has 0 aromatic carbocycles. The van der Waals surface area contributed by atoms with Gasteiger partial charge in [-0.2, -0.15) is 0 Å². The predicted molar refractivity (Wildman–Crippen MR) is 88.2 cm³/mol. The standard InChI is InChI=1S/C17H25NO3S/c1-10(2)9-18-16(19)12(4)21-17(20)15-8-13-7-11(3)5-6-14(13)22-15/h8,10-12H,5-7,9H2,1-4H3,(H,18,19)/t11-,12+/m0/s1. The Balaban J connectivity index is 1.93. The molecule has 0 bridgehead atoms. The second-order valence-electron chi connectivity index (χ2n) is 6.59. The summed E-state index contributed by atoms with van der Waals surface area (Å²) in [5, 5.41) is 2.78. The van der Waals surface area contributed by atoms with Crippen LogP contribution in [0.1, 0.15) is 54.2 Å². The molecule has 1 aromatic heterocycles. The Bertz CT molecular complexity index is 550. The zero-order valence-corrected chi connectivity index (χ0v) is 14.6. The predicted octanol–water partition coefficient (Wildman–Crippen LogP) is 3.19. The quantitative estimate of drug-likeness (QED) is 0.847. The molecular formula is C17H25NO3S. The van der Waals surface area contributed by atoms with E-state index in [1.807, 2.05) is 19.9 Å². The summed E-state index contributed by atoms with van der Waals surface area (Å²) in [4.78, 5) is 26.0.